The molecule has 2 rings (SSSR count). The highest BCUT2D eigenvalue weighted by Gasteiger charge is 2.19. The van der Waals surface area contributed by atoms with E-state index in [0.29, 0.717) is 6.42 Å². The number of phenolic OH excluding ortho intramolecular Hbond substituents is 1. The normalized spacial score (nSPS) is 12.2. The van der Waals surface area contributed by atoms with Crippen LogP contribution in [0.1, 0.15) is 41.0 Å². The van der Waals surface area contributed by atoms with E-state index in [2.05, 4.69) is 14.8 Å². The largest absolute Gasteiger partial charge is 0.505 e. The van der Waals surface area contributed by atoms with Gasteiger partial charge in [0, 0.05) is 11.6 Å². The van der Waals surface area contributed by atoms with Gasteiger partial charge in [-0.25, -0.2) is 17.9 Å². The molecule has 150 valence electrons. The quantitative estimate of drug-likeness (QED) is 0.480. The summed E-state index contributed by atoms with van der Waals surface area (Å²) in [5.41, 5.74) is 0.131. The van der Waals surface area contributed by atoms with Gasteiger partial charge in [0.2, 0.25) is 10.0 Å². The molecule has 0 fully saturated rings. The van der Waals surface area contributed by atoms with E-state index in [9.17, 15) is 23.1 Å². The Bertz CT molecular complexity index is 970. The molecule has 2 aromatic carbocycles. The average Bonchev–Trinajstić information content (AvgIpc) is 2.68. The molecule has 0 aromatic heterocycles. The fourth-order valence-corrected chi connectivity index (χ4v) is 3.64. The summed E-state index contributed by atoms with van der Waals surface area (Å²) in [6.45, 7) is 3.62. The van der Waals surface area contributed by atoms with Crippen LogP contribution >= 0.6 is 0 Å². The van der Waals surface area contributed by atoms with Crippen molar-refractivity contribution in [1.29, 1.82) is 0 Å². The zero-order valence-electron chi connectivity index (χ0n) is 15.7. The molecule has 0 bridgehead atoms. The summed E-state index contributed by atoms with van der Waals surface area (Å²) in [5.74, 6) is -1.73. The van der Waals surface area contributed by atoms with E-state index in [1.54, 1.807) is 6.92 Å². The summed E-state index contributed by atoms with van der Waals surface area (Å²) in [5, 5.41) is 12.6. The summed E-state index contributed by atoms with van der Waals surface area (Å²) >= 11 is 0. The van der Waals surface area contributed by atoms with Crippen LogP contribution in [0.4, 0.5) is 5.69 Å². The van der Waals surface area contributed by atoms with E-state index in [-0.39, 0.29) is 27.8 Å². The molecule has 1 atom stereocenters. The molecule has 0 saturated carbocycles. The lowest BCUT2D eigenvalue weighted by atomic mass is 10.1. The molecule has 1 unspecified atom stereocenters. The Hall–Kier alpha value is -2.91. The maximum absolute atomic E-state index is 12.4. The van der Waals surface area contributed by atoms with Gasteiger partial charge in [-0.15, -0.1) is 0 Å². The second-order valence-corrected chi connectivity index (χ2v) is 7.82. The number of para-hydroxylation sites is 1. The molecule has 9 heteroatoms. The fraction of sp³-hybridized carbons (Fsp3) is 0.263. The molecule has 0 aliphatic carbocycles. The second kappa shape index (κ2) is 8.85. The van der Waals surface area contributed by atoms with Crippen molar-refractivity contribution in [3.63, 3.8) is 0 Å². The molecule has 0 spiro atoms. The SMILES string of the molecule is CCC(C)NS(=O)(=O)c1ccc(C(=O)Nc2cccc(C(=O)OC)c2O)cc1. The summed E-state index contributed by atoms with van der Waals surface area (Å²) in [4.78, 5) is 24.1. The lowest BCUT2D eigenvalue weighted by molar-refractivity contribution is 0.0597. The summed E-state index contributed by atoms with van der Waals surface area (Å²) < 4.78 is 31.6. The number of carbonyl (C=O) groups is 2. The third-order valence-corrected chi connectivity index (χ3v) is 5.69. The molecule has 0 aliphatic rings. The summed E-state index contributed by atoms with van der Waals surface area (Å²) in [6.07, 6.45) is 0.647. The van der Waals surface area contributed by atoms with Gasteiger partial charge in [-0.1, -0.05) is 13.0 Å². The number of hydrogen-bond acceptors (Lipinski definition) is 6. The van der Waals surface area contributed by atoms with E-state index in [1.807, 2.05) is 6.92 Å². The molecular weight excluding hydrogens is 384 g/mol. The molecule has 8 nitrogen and oxygen atoms in total. The smallest absolute Gasteiger partial charge is 0.341 e. The van der Waals surface area contributed by atoms with Crippen molar-refractivity contribution in [2.24, 2.45) is 0 Å². The molecule has 0 saturated heterocycles. The van der Waals surface area contributed by atoms with Crippen LogP contribution in [0.25, 0.3) is 0 Å². The van der Waals surface area contributed by atoms with E-state index in [1.165, 1.54) is 49.6 Å². The monoisotopic (exact) mass is 406 g/mol. The van der Waals surface area contributed by atoms with E-state index in [0.717, 1.165) is 0 Å². The predicted molar refractivity (Wildman–Crippen MR) is 104 cm³/mol. The van der Waals surface area contributed by atoms with Crippen LogP contribution in [0.2, 0.25) is 0 Å². The Balaban J connectivity index is 2.20. The zero-order chi connectivity index (χ0) is 20.9. The number of anilines is 1. The average molecular weight is 406 g/mol. The van der Waals surface area contributed by atoms with Gasteiger partial charge in [0.1, 0.15) is 5.56 Å². The maximum atomic E-state index is 12.4. The van der Waals surface area contributed by atoms with Crippen LogP contribution in [0.15, 0.2) is 47.4 Å². The first-order chi connectivity index (χ1) is 13.2. The summed E-state index contributed by atoms with van der Waals surface area (Å²) in [7, 11) is -2.49. The number of hydrogen-bond donors (Lipinski definition) is 3. The number of phenols is 1. The van der Waals surface area contributed by atoms with Crippen molar-refractivity contribution in [2.45, 2.75) is 31.2 Å². The molecule has 0 radical (unpaired) electrons. The third kappa shape index (κ3) is 4.87. The maximum Gasteiger partial charge on any atom is 0.341 e. The van der Waals surface area contributed by atoms with Crippen LogP contribution < -0.4 is 10.0 Å². The molecule has 3 N–H and O–H groups in total. The number of rotatable bonds is 7. The second-order valence-electron chi connectivity index (χ2n) is 6.10. The number of nitrogens with one attached hydrogen (secondary N) is 2. The number of aromatic hydroxyl groups is 1. The van der Waals surface area contributed by atoms with E-state index < -0.39 is 27.6 Å². The molecule has 28 heavy (non-hydrogen) atoms. The van der Waals surface area contributed by atoms with Gasteiger partial charge in [-0.3, -0.25) is 4.79 Å². The van der Waals surface area contributed by atoms with Gasteiger partial charge in [-0.2, -0.15) is 0 Å². The van der Waals surface area contributed by atoms with Crippen molar-refractivity contribution in [1.82, 2.24) is 4.72 Å². The Morgan fingerprint density at radius 1 is 1.14 bits per heavy atom. The fourth-order valence-electron chi connectivity index (χ4n) is 2.32. The standard InChI is InChI=1S/C19H22N2O6S/c1-4-12(2)21-28(25,26)14-10-8-13(9-11-14)18(23)20-16-7-5-6-15(17(16)22)19(24)27-3/h5-12,21-22H,4H2,1-3H3,(H,20,23). The zero-order valence-corrected chi connectivity index (χ0v) is 16.5. The number of ether oxygens (including phenoxy) is 1. The number of methoxy groups -OCH3 is 1. The van der Waals surface area contributed by atoms with Gasteiger partial charge in [0.25, 0.3) is 5.91 Å². The van der Waals surface area contributed by atoms with Crippen molar-refractivity contribution >= 4 is 27.6 Å². The Morgan fingerprint density at radius 2 is 1.79 bits per heavy atom. The minimum atomic E-state index is -3.67. The van der Waals surface area contributed by atoms with Gasteiger partial charge in [0.05, 0.1) is 17.7 Å². The van der Waals surface area contributed by atoms with Crippen molar-refractivity contribution in [2.75, 3.05) is 12.4 Å². The van der Waals surface area contributed by atoms with Gasteiger partial charge >= 0.3 is 5.97 Å². The Labute approximate surface area is 163 Å². The highest BCUT2D eigenvalue weighted by atomic mass is 32.2. The number of esters is 1. The Morgan fingerprint density at radius 3 is 2.36 bits per heavy atom. The van der Waals surface area contributed by atoms with Gasteiger partial charge in [0.15, 0.2) is 5.75 Å². The number of amides is 1. The molecular formula is C19H22N2O6S. The van der Waals surface area contributed by atoms with Crippen molar-refractivity contribution in [3.8, 4) is 5.75 Å². The number of carbonyl (C=O) groups excluding carboxylic acids is 2. The molecule has 1 amide bonds. The lowest BCUT2D eigenvalue weighted by Crippen LogP contribution is -2.32. The topological polar surface area (TPSA) is 122 Å². The van der Waals surface area contributed by atoms with E-state index in [4.69, 9.17) is 0 Å². The van der Waals surface area contributed by atoms with Crippen LogP contribution in [0.3, 0.4) is 0 Å². The Kier molecular flexibility index (Phi) is 6.76. The third-order valence-electron chi connectivity index (χ3n) is 4.09. The van der Waals surface area contributed by atoms with Crippen LogP contribution in [0.5, 0.6) is 5.75 Å². The highest BCUT2D eigenvalue weighted by Crippen LogP contribution is 2.28. The molecule has 0 heterocycles. The van der Waals surface area contributed by atoms with Crippen LogP contribution in [-0.4, -0.2) is 38.6 Å². The first-order valence-corrected chi connectivity index (χ1v) is 10.0. The minimum absolute atomic E-state index is 0.0306. The van der Waals surface area contributed by atoms with Crippen molar-refractivity contribution in [3.05, 3.63) is 53.6 Å². The first kappa shape index (κ1) is 21.4. The minimum Gasteiger partial charge on any atom is -0.505 e. The lowest BCUT2D eigenvalue weighted by Gasteiger charge is -2.13. The highest BCUT2D eigenvalue weighted by molar-refractivity contribution is 7.89. The molecule has 0 aliphatic heterocycles. The number of benzene rings is 2. The first-order valence-electron chi connectivity index (χ1n) is 8.53. The molecule has 2 aromatic rings. The van der Waals surface area contributed by atoms with Crippen LogP contribution in [-0.2, 0) is 14.8 Å². The summed E-state index contributed by atoms with van der Waals surface area (Å²) in [6, 6.07) is 9.43. The van der Waals surface area contributed by atoms with Gasteiger partial charge < -0.3 is 15.2 Å². The predicted octanol–water partition coefficient (Wildman–Crippen LogP) is 2.51. The van der Waals surface area contributed by atoms with Gasteiger partial charge in [-0.05, 0) is 49.7 Å². The van der Waals surface area contributed by atoms with Crippen molar-refractivity contribution < 1.29 is 27.9 Å². The van der Waals surface area contributed by atoms with E-state index >= 15 is 0 Å². The number of sulfonamides is 1. The van der Waals surface area contributed by atoms with Crippen LogP contribution in [0, 0.1) is 0 Å².